The summed E-state index contributed by atoms with van der Waals surface area (Å²) in [4.78, 5) is 33.9. The van der Waals surface area contributed by atoms with Crippen molar-refractivity contribution in [2.75, 3.05) is 4.90 Å². The number of nitrogens with zero attached hydrogens (tertiary/aromatic N) is 2. The molecule has 0 radical (unpaired) electrons. The van der Waals surface area contributed by atoms with Gasteiger partial charge in [0.1, 0.15) is 17.3 Å². The predicted molar refractivity (Wildman–Crippen MR) is 174 cm³/mol. The molecule has 0 aliphatic heterocycles. The van der Waals surface area contributed by atoms with Crippen molar-refractivity contribution < 1.29 is 14.0 Å². The highest BCUT2D eigenvalue weighted by molar-refractivity contribution is 6.41. The number of fused-ring (bicyclic) bond motifs is 5. The smallest absolute Gasteiger partial charge is 0.197 e. The number of hydrogen-bond donors (Lipinski definition) is 0. The van der Waals surface area contributed by atoms with Crippen LogP contribution in [0.15, 0.2) is 107 Å². The topological polar surface area (TPSA) is 63.4 Å². The molecular weight excluding hydrogens is 544 g/mol. The highest BCUT2D eigenvalue weighted by Gasteiger charge is 2.41. The number of furan rings is 1. The van der Waals surface area contributed by atoms with Gasteiger partial charge in [-0.1, -0.05) is 69.3 Å². The van der Waals surface area contributed by atoms with Crippen molar-refractivity contribution >= 4 is 40.9 Å². The summed E-state index contributed by atoms with van der Waals surface area (Å²) in [6, 6.07) is 28.3. The van der Waals surface area contributed by atoms with Crippen molar-refractivity contribution in [3.63, 3.8) is 0 Å². The average molecular weight is 575 g/mol. The molecule has 1 atom stereocenters. The Labute approximate surface area is 256 Å². The Hall–Kier alpha value is -5.29. The minimum absolute atomic E-state index is 0.152. The number of para-hydroxylation sites is 2. The lowest BCUT2D eigenvalue weighted by Gasteiger charge is -2.26. The first-order valence-electron chi connectivity index (χ1n) is 15.0. The van der Waals surface area contributed by atoms with Gasteiger partial charge in [-0.15, -0.1) is 0 Å². The van der Waals surface area contributed by atoms with Gasteiger partial charge in [0, 0.05) is 45.2 Å². The summed E-state index contributed by atoms with van der Waals surface area (Å²) in [7, 11) is 0. The molecule has 1 unspecified atom stereocenters. The fraction of sp³-hybridized carbons (Fsp3) is 0.154. The van der Waals surface area contributed by atoms with Crippen LogP contribution >= 0.6 is 0 Å². The van der Waals surface area contributed by atoms with Crippen molar-refractivity contribution in [1.29, 1.82) is 0 Å². The second-order valence-electron chi connectivity index (χ2n) is 12.5. The van der Waals surface area contributed by atoms with E-state index in [0.29, 0.717) is 22.8 Å². The van der Waals surface area contributed by atoms with Crippen LogP contribution in [0, 0.1) is 5.92 Å². The van der Waals surface area contributed by atoms with E-state index in [-0.39, 0.29) is 22.6 Å². The van der Waals surface area contributed by atoms with Gasteiger partial charge in [0.25, 0.3) is 0 Å². The van der Waals surface area contributed by atoms with Crippen molar-refractivity contribution in [2.45, 2.75) is 32.6 Å². The van der Waals surface area contributed by atoms with Crippen molar-refractivity contribution in [1.82, 2.24) is 4.98 Å². The first-order valence-corrected chi connectivity index (χ1v) is 15.0. The van der Waals surface area contributed by atoms with Gasteiger partial charge in [-0.3, -0.25) is 14.5 Å². The van der Waals surface area contributed by atoms with E-state index in [2.05, 4.69) is 68.2 Å². The summed E-state index contributed by atoms with van der Waals surface area (Å²) >= 11 is 0. The molecule has 5 heteroatoms. The number of rotatable bonds is 4. The molecule has 44 heavy (non-hydrogen) atoms. The monoisotopic (exact) mass is 574 g/mol. The number of anilines is 3. The average Bonchev–Trinajstić information content (AvgIpc) is 3.63. The molecule has 0 bridgehead atoms. The van der Waals surface area contributed by atoms with Crippen LogP contribution in [0.25, 0.3) is 23.5 Å². The number of hydrogen-bond acceptors (Lipinski definition) is 5. The minimum Gasteiger partial charge on any atom is -0.456 e. The SMILES string of the molecule is CC1C=Cc2cc3c(cc2C1)C(=O)/C(=C/c1cc2c(o1)-c1cnc(N(c4ccccc4)c4ccccc4)cc1C2(C)C)C3=O. The summed E-state index contributed by atoms with van der Waals surface area (Å²) in [6.07, 6.45) is 8.56. The fourth-order valence-corrected chi connectivity index (χ4v) is 6.84. The van der Waals surface area contributed by atoms with Crippen molar-refractivity contribution in [3.8, 4) is 11.3 Å². The Morgan fingerprint density at radius 1 is 0.841 bits per heavy atom. The number of aromatic nitrogens is 1. The maximum Gasteiger partial charge on any atom is 0.197 e. The number of allylic oxidation sites excluding steroid dienone is 2. The standard InChI is InChI=1S/C39H30N2O3/c1-23-14-15-24-17-29-30(18-25(24)16-23)37(43)31(36(29)42)19-28-20-34-38(44-28)32-22-40-35(21-33(32)39(34,2)3)41(26-10-6-4-7-11-26)27-12-8-5-9-13-27/h4-15,17-23H,16H2,1-3H3/b31-19+. The molecule has 0 N–H and O–H groups in total. The summed E-state index contributed by atoms with van der Waals surface area (Å²) in [5, 5.41) is 0. The van der Waals surface area contributed by atoms with Crippen molar-refractivity contribution in [2.24, 2.45) is 5.92 Å². The zero-order valence-electron chi connectivity index (χ0n) is 24.8. The number of ketones is 2. The summed E-state index contributed by atoms with van der Waals surface area (Å²) in [5.41, 5.74) is 7.95. The number of carbonyl (C=O) groups excluding carboxylic acids is 2. The maximum atomic E-state index is 13.5. The minimum atomic E-state index is -0.379. The molecule has 2 aromatic heterocycles. The van der Waals surface area contributed by atoms with E-state index in [4.69, 9.17) is 9.40 Å². The lowest BCUT2D eigenvalue weighted by Crippen LogP contribution is -2.17. The normalized spacial score (nSPS) is 18.2. The van der Waals surface area contributed by atoms with Crippen LogP contribution in [0.2, 0.25) is 0 Å². The molecule has 0 saturated carbocycles. The summed E-state index contributed by atoms with van der Waals surface area (Å²) in [6.45, 7) is 6.49. The molecular formula is C39H30N2O3. The molecule has 8 rings (SSSR count). The van der Waals surface area contributed by atoms with Gasteiger partial charge in [0.2, 0.25) is 0 Å². The van der Waals surface area contributed by atoms with Gasteiger partial charge in [-0.25, -0.2) is 4.98 Å². The van der Waals surface area contributed by atoms with E-state index < -0.39 is 0 Å². The molecule has 5 aromatic rings. The van der Waals surface area contributed by atoms with Gasteiger partial charge in [-0.2, -0.15) is 0 Å². The first-order chi connectivity index (χ1) is 21.3. The van der Waals surface area contributed by atoms with Gasteiger partial charge in [-0.05, 0) is 83.6 Å². The fourth-order valence-electron chi connectivity index (χ4n) is 6.84. The van der Waals surface area contributed by atoms with Crippen LogP contribution in [0.3, 0.4) is 0 Å². The zero-order valence-corrected chi connectivity index (χ0v) is 24.8. The molecule has 3 aliphatic carbocycles. The number of carbonyl (C=O) groups is 2. The number of pyridine rings is 1. The van der Waals surface area contributed by atoms with Crippen molar-refractivity contribution in [3.05, 3.63) is 142 Å². The Balaban J connectivity index is 1.17. The molecule has 0 spiro atoms. The third-order valence-corrected chi connectivity index (χ3v) is 9.18. The van der Waals surface area contributed by atoms with Crippen LogP contribution < -0.4 is 4.90 Å². The maximum absolute atomic E-state index is 13.5. The highest BCUT2D eigenvalue weighted by atomic mass is 16.3. The zero-order chi connectivity index (χ0) is 30.2. The van der Waals surface area contributed by atoms with Crippen LogP contribution in [-0.4, -0.2) is 16.6 Å². The third-order valence-electron chi connectivity index (χ3n) is 9.18. The molecule has 5 nitrogen and oxygen atoms in total. The largest absolute Gasteiger partial charge is 0.456 e. The first kappa shape index (κ1) is 26.3. The second-order valence-corrected chi connectivity index (χ2v) is 12.5. The number of benzene rings is 3. The van der Waals surface area contributed by atoms with E-state index in [1.807, 2.05) is 60.8 Å². The molecule has 0 amide bonds. The quantitative estimate of drug-likeness (QED) is 0.158. The molecule has 214 valence electrons. The Bertz CT molecular complexity index is 2030. The van der Waals surface area contributed by atoms with Gasteiger partial charge in [0.05, 0.1) is 5.57 Å². The number of Topliss-reactive ketones (excluding diaryl/α,β-unsaturated/α-hetero) is 2. The predicted octanol–water partition coefficient (Wildman–Crippen LogP) is 9.12. The van der Waals surface area contributed by atoms with E-state index in [9.17, 15) is 9.59 Å². The third kappa shape index (κ3) is 3.96. The molecule has 3 aromatic carbocycles. The van der Waals surface area contributed by atoms with E-state index in [0.717, 1.165) is 57.2 Å². The molecule has 3 aliphatic rings. The molecule has 2 heterocycles. The van der Waals surface area contributed by atoms with Crippen LogP contribution in [0.4, 0.5) is 17.2 Å². The second kappa shape index (κ2) is 9.61. The lowest BCUT2D eigenvalue weighted by atomic mass is 9.83. The van der Waals surface area contributed by atoms with E-state index in [1.165, 1.54) is 0 Å². The Kier molecular flexibility index (Phi) is 5.76. The molecule has 0 saturated heterocycles. The molecule has 0 fully saturated rings. The van der Waals surface area contributed by atoms with Crippen LogP contribution in [0.1, 0.15) is 69.5 Å². The Morgan fingerprint density at radius 2 is 1.50 bits per heavy atom. The van der Waals surface area contributed by atoms with E-state index in [1.54, 1.807) is 6.08 Å². The Morgan fingerprint density at radius 3 is 2.18 bits per heavy atom. The lowest BCUT2D eigenvalue weighted by molar-refractivity contribution is 0.0990. The highest BCUT2D eigenvalue weighted by Crippen LogP contribution is 2.51. The van der Waals surface area contributed by atoms with Gasteiger partial charge < -0.3 is 4.42 Å². The van der Waals surface area contributed by atoms with Crippen LogP contribution in [-0.2, 0) is 11.8 Å². The summed E-state index contributed by atoms with van der Waals surface area (Å²) < 4.78 is 6.38. The van der Waals surface area contributed by atoms with Crippen LogP contribution in [0.5, 0.6) is 0 Å². The van der Waals surface area contributed by atoms with Gasteiger partial charge >= 0.3 is 0 Å². The van der Waals surface area contributed by atoms with E-state index >= 15 is 0 Å². The summed E-state index contributed by atoms with van der Waals surface area (Å²) in [5.74, 6) is 1.96. The van der Waals surface area contributed by atoms with Gasteiger partial charge in [0.15, 0.2) is 11.6 Å².